The van der Waals surface area contributed by atoms with Gasteiger partial charge in [0.1, 0.15) is 5.60 Å². The van der Waals surface area contributed by atoms with E-state index in [0.29, 0.717) is 5.92 Å². The zero-order chi connectivity index (χ0) is 19.6. The van der Waals surface area contributed by atoms with Crippen LogP contribution in [0.25, 0.3) is 11.1 Å². The minimum atomic E-state index is -0.476. The number of carbonyl (C=O) groups is 2. The quantitative estimate of drug-likeness (QED) is 0.645. The highest BCUT2D eigenvalue weighted by Gasteiger charge is 2.49. The molecule has 1 aliphatic carbocycles. The van der Waals surface area contributed by atoms with Gasteiger partial charge in [0.15, 0.2) is 5.78 Å². The van der Waals surface area contributed by atoms with Crippen molar-refractivity contribution < 1.29 is 14.3 Å². The van der Waals surface area contributed by atoms with E-state index in [-0.39, 0.29) is 17.9 Å². The number of anilines is 1. The van der Waals surface area contributed by atoms with Gasteiger partial charge in [-0.1, -0.05) is 30.3 Å². The molecule has 2 atom stereocenters. The van der Waals surface area contributed by atoms with Gasteiger partial charge in [-0.3, -0.25) is 4.79 Å². The molecule has 2 aromatic carbocycles. The maximum absolute atomic E-state index is 12.8. The Balaban J connectivity index is 1.35. The van der Waals surface area contributed by atoms with E-state index < -0.39 is 5.60 Å². The second-order valence-corrected chi connectivity index (χ2v) is 8.97. The fourth-order valence-electron chi connectivity index (χ4n) is 4.59. The predicted molar refractivity (Wildman–Crippen MR) is 108 cm³/mol. The molecule has 3 aliphatic rings. The molecule has 0 saturated carbocycles. The summed E-state index contributed by atoms with van der Waals surface area (Å²) in [5, 5.41) is 0. The maximum atomic E-state index is 12.8. The summed E-state index contributed by atoms with van der Waals surface area (Å²) in [5.41, 5.74) is 4.18. The third kappa shape index (κ3) is 2.60. The molecule has 2 aliphatic heterocycles. The predicted octanol–water partition coefficient (Wildman–Crippen LogP) is 3.95. The first-order valence-corrected chi connectivity index (χ1v) is 9.84. The van der Waals surface area contributed by atoms with E-state index in [4.69, 9.17) is 4.74 Å². The molecule has 0 radical (unpaired) electrons. The number of rotatable bonds is 1. The molecule has 2 heterocycles. The SMILES string of the molecule is CC(C)(C)OC(=O)N1C[C@@H]2CN(c3ccc4c(c3)C(=O)c3ccccc3-4)C[C@H]21. The van der Waals surface area contributed by atoms with Gasteiger partial charge < -0.3 is 14.5 Å². The van der Waals surface area contributed by atoms with Gasteiger partial charge in [0, 0.05) is 42.4 Å². The number of hydrogen-bond acceptors (Lipinski definition) is 4. The number of likely N-dealkylation sites (tertiary alicyclic amines) is 1. The highest BCUT2D eigenvalue weighted by Crippen LogP contribution is 2.41. The summed E-state index contributed by atoms with van der Waals surface area (Å²) in [7, 11) is 0. The Hall–Kier alpha value is -2.82. The van der Waals surface area contributed by atoms with E-state index in [1.807, 2.05) is 56.0 Å². The lowest BCUT2D eigenvalue weighted by atomic mass is 9.93. The molecule has 2 fully saturated rings. The van der Waals surface area contributed by atoms with Gasteiger partial charge in [-0.15, -0.1) is 0 Å². The number of ketones is 1. The Morgan fingerprint density at radius 2 is 1.68 bits per heavy atom. The Kier molecular flexibility index (Phi) is 3.60. The van der Waals surface area contributed by atoms with Crippen LogP contribution in [-0.4, -0.2) is 48.1 Å². The zero-order valence-electron chi connectivity index (χ0n) is 16.4. The molecule has 5 rings (SSSR count). The summed E-state index contributed by atoms with van der Waals surface area (Å²) in [6, 6.07) is 14.1. The van der Waals surface area contributed by atoms with E-state index in [9.17, 15) is 9.59 Å². The molecule has 0 spiro atoms. The Morgan fingerprint density at radius 1 is 0.964 bits per heavy atom. The van der Waals surface area contributed by atoms with E-state index in [1.165, 1.54) is 0 Å². The molecule has 0 N–H and O–H groups in total. The topological polar surface area (TPSA) is 49.9 Å². The lowest BCUT2D eigenvalue weighted by Crippen LogP contribution is -2.59. The highest BCUT2D eigenvalue weighted by atomic mass is 16.6. The lowest BCUT2D eigenvalue weighted by molar-refractivity contribution is -0.0163. The van der Waals surface area contributed by atoms with E-state index in [2.05, 4.69) is 17.0 Å². The van der Waals surface area contributed by atoms with Crippen LogP contribution in [0.1, 0.15) is 36.7 Å². The molecule has 1 amide bonds. The van der Waals surface area contributed by atoms with Crippen LogP contribution >= 0.6 is 0 Å². The Labute approximate surface area is 164 Å². The monoisotopic (exact) mass is 376 g/mol. The van der Waals surface area contributed by atoms with Crippen molar-refractivity contribution in [3.8, 4) is 11.1 Å². The number of nitrogens with zero attached hydrogens (tertiary/aromatic N) is 2. The average molecular weight is 376 g/mol. The lowest BCUT2D eigenvalue weighted by Gasteiger charge is -2.43. The van der Waals surface area contributed by atoms with Crippen molar-refractivity contribution in [1.29, 1.82) is 0 Å². The van der Waals surface area contributed by atoms with Gasteiger partial charge in [0.05, 0.1) is 6.04 Å². The normalized spacial score (nSPS) is 22.5. The summed E-state index contributed by atoms with van der Waals surface area (Å²) in [6.07, 6.45) is -0.227. The van der Waals surface area contributed by atoms with Crippen LogP contribution in [0.4, 0.5) is 10.5 Å². The largest absolute Gasteiger partial charge is 0.444 e. The summed E-state index contributed by atoms with van der Waals surface area (Å²) >= 11 is 0. The van der Waals surface area contributed by atoms with Crippen LogP contribution in [0.15, 0.2) is 42.5 Å². The van der Waals surface area contributed by atoms with E-state index in [1.54, 1.807) is 0 Å². The summed E-state index contributed by atoms with van der Waals surface area (Å²) in [5.74, 6) is 0.568. The summed E-state index contributed by atoms with van der Waals surface area (Å²) < 4.78 is 5.52. The van der Waals surface area contributed by atoms with Crippen LogP contribution < -0.4 is 4.90 Å². The van der Waals surface area contributed by atoms with E-state index in [0.717, 1.165) is 47.6 Å². The van der Waals surface area contributed by atoms with Gasteiger partial charge in [0.2, 0.25) is 0 Å². The smallest absolute Gasteiger partial charge is 0.410 e. The molecular formula is C23H24N2O3. The molecular weight excluding hydrogens is 352 g/mol. The van der Waals surface area contributed by atoms with Crippen molar-refractivity contribution in [2.24, 2.45) is 5.92 Å². The number of amides is 1. The molecule has 0 aromatic heterocycles. The van der Waals surface area contributed by atoms with Crippen molar-refractivity contribution in [3.05, 3.63) is 53.6 Å². The first kappa shape index (κ1) is 17.3. The summed E-state index contributed by atoms with van der Waals surface area (Å²) in [4.78, 5) is 29.3. The number of hydrogen-bond donors (Lipinski definition) is 0. The Morgan fingerprint density at radius 3 is 2.43 bits per heavy atom. The minimum Gasteiger partial charge on any atom is -0.444 e. The molecule has 144 valence electrons. The molecule has 5 nitrogen and oxygen atoms in total. The van der Waals surface area contributed by atoms with E-state index >= 15 is 0 Å². The van der Waals surface area contributed by atoms with Crippen LogP contribution in [0.5, 0.6) is 0 Å². The van der Waals surface area contributed by atoms with Crippen molar-refractivity contribution in [1.82, 2.24) is 4.90 Å². The molecule has 0 unspecified atom stereocenters. The minimum absolute atomic E-state index is 0.102. The molecule has 2 saturated heterocycles. The van der Waals surface area contributed by atoms with Crippen molar-refractivity contribution in [3.63, 3.8) is 0 Å². The summed E-state index contributed by atoms with van der Waals surface area (Å²) in [6.45, 7) is 8.10. The second-order valence-electron chi connectivity index (χ2n) is 8.97. The van der Waals surface area contributed by atoms with Gasteiger partial charge in [-0.25, -0.2) is 4.79 Å². The van der Waals surface area contributed by atoms with Crippen molar-refractivity contribution >= 4 is 17.6 Å². The molecule has 2 aromatic rings. The standard InChI is InChI=1S/C23H24N2O3/c1-23(2,3)28-22(27)25-12-14-11-24(13-20(14)25)15-8-9-17-16-6-4-5-7-18(16)21(26)19(17)10-15/h4-10,14,20H,11-13H2,1-3H3/t14-,20+/m0/s1. The van der Waals surface area contributed by atoms with Gasteiger partial charge in [-0.2, -0.15) is 0 Å². The van der Waals surface area contributed by atoms with Crippen LogP contribution in [0.2, 0.25) is 0 Å². The maximum Gasteiger partial charge on any atom is 0.410 e. The first-order valence-electron chi connectivity index (χ1n) is 9.84. The number of benzene rings is 2. The third-order valence-electron chi connectivity index (χ3n) is 5.94. The first-order chi connectivity index (χ1) is 13.3. The van der Waals surface area contributed by atoms with Crippen LogP contribution in [-0.2, 0) is 4.74 Å². The fourth-order valence-corrected chi connectivity index (χ4v) is 4.59. The number of carbonyl (C=O) groups excluding carboxylic acids is 2. The molecule has 5 heteroatoms. The Bertz CT molecular complexity index is 992. The third-order valence-corrected chi connectivity index (χ3v) is 5.94. The fraction of sp³-hybridized carbons (Fsp3) is 0.391. The van der Waals surface area contributed by atoms with Crippen molar-refractivity contribution in [2.75, 3.05) is 24.5 Å². The van der Waals surface area contributed by atoms with Gasteiger partial charge in [0.25, 0.3) is 0 Å². The average Bonchev–Trinajstić information content (AvgIpc) is 3.10. The van der Waals surface area contributed by atoms with Gasteiger partial charge >= 0.3 is 6.09 Å². The highest BCUT2D eigenvalue weighted by molar-refractivity contribution is 6.22. The second kappa shape index (κ2) is 5.84. The molecule has 0 bridgehead atoms. The zero-order valence-corrected chi connectivity index (χ0v) is 16.4. The molecule has 28 heavy (non-hydrogen) atoms. The number of ether oxygens (including phenoxy) is 1. The van der Waals surface area contributed by atoms with Crippen LogP contribution in [0.3, 0.4) is 0 Å². The van der Waals surface area contributed by atoms with Crippen molar-refractivity contribution in [2.45, 2.75) is 32.4 Å². The van der Waals surface area contributed by atoms with Gasteiger partial charge in [-0.05, 0) is 44.0 Å². The number of fused-ring (bicyclic) bond motifs is 4. The van der Waals surface area contributed by atoms with Crippen LogP contribution in [0, 0.1) is 5.92 Å².